The van der Waals surface area contributed by atoms with E-state index in [9.17, 15) is 4.39 Å². The normalized spacial score (nSPS) is 9.79. The number of aryl methyl sites for hydroxylation is 1. The van der Waals surface area contributed by atoms with Crippen molar-refractivity contribution >= 4 is 5.96 Å². The lowest BCUT2D eigenvalue weighted by Crippen LogP contribution is -2.23. The molecule has 0 aliphatic rings. The third-order valence-electron chi connectivity index (χ3n) is 1.83. The van der Waals surface area contributed by atoms with Crippen LogP contribution in [0, 0.1) is 5.82 Å². The second-order valence-electron chi connectivity index (χ2n) is 3.04. The molecule has 0 saturated heterocycles. The number of rotatable bonds is 4. The molecule has 0 radical (unpaired) electrons. The van der Waals surface area contributed by atoms with Crippen molar-refractivity contribution in [2.45, 2.75) is 12.8 Å². The van der Waals surface area contributed by atoms with E-state index in [0.29, 0.717) is 6.54 Å². The maximum absolute atomic E-state index is 12.5. The van der Waals surface area contributed by atoms with Crippen molar-refractivity contribution in [3.8, 4) is 0 Å². The molecule has 1 aromatic rings. The van der Waals surface area contributed by atoms with E-state index >= 15 is 0 Å². The molecule has 4 heteroatoms. The molecule has 0 atom stereocenters. The van der Waals surface area contributed by atoms with Gasteiger partial charge in [0, 0.05) is 6.54 Å². The number of halogens is 1. The van der Waals surface area contributed by atoms with Crippen molar-refractivity contribution in [1.82, 2.24) is 0 Å². The van der Waals surface area contributed by atoms with Gasteiger partial charge in [-0.2, -0.15) is 0 Å². The fraction of sp³-hybridized carbons (Fsp3) is 0.300. The lowest BCUT2D eigenvalue weighted by Gasteiger charge is -1.99. The summed E-state index contributed by atoms with van der Waals surface area (Å²) in [5.74, 6) is -0.0953. The van der Waals surface area contributed by atoms with Gasteiger partial charge in [-0.05, 0) is 30.5 Å². The fourth-order valence-electron chi connectivity index (χ4n) is 1.14. The average Bonchev–Trinajstić information content (AvgIpc) is 2.15. The summed E-state index contributed by atoms with van der Waals surface area (Å²) in [5.41, 5.74) is 11.4. The summed E-state index contributed by atoms with van der Waals surface area (Å²) in [7, 11) is 0. The number of guanidine groups is 1. The van der Waals surface area contributed by atoms with Crippen molar-refractivity contribution in [3.63, 3.8) is 0 Å². The maximum atomic E-state index is 12.5. The molecule has 0 saturated carbocycles. The molecule has 0 unspecified atom stereocenters. The average molecular weight is 195 g/mol. The number of aliphatic imine (C=N–C) groups is 1. The summed E-state index contributed by atoms with van der Waals surface area (Å²) in [6.07, 6.45) is 1.72. The van der Waals surface area contributed by atoms with Gasteiger partial charge in [0.05, 0.1) is 0 Å². The minimum Gasteiger partial charge on any atom is -0.370 e. The van der Waals surface area contributed by atoms with Crippen molar-refractivity contribution in [1.29, 1.82) is 0 Å². The molecular formula is C10H14FN3. The Kier molecular flexibility index (Phi) is 3.91. The Labute approximate surface area is 82.6 Å². The van der Waals surface area contributed by atoms with Crippen LogP contribution in [0.5, 0.6) is 0 Å². The highest BCUT2D eigenvalue weighted by Gasteiger charge is 1.93. The Morgan fingerprint density at radius 3 is 2.43 bits per heavy atom. The van der Waals surface area contributed by atoms with Crippen LogP contribution >= 0.6 is 0 Å². The van der Waals surface area contributed by atoms with E-state index in [1.807, 2.05) is 0 Å². The molecule has 3 nitrogen and oxygen atoms in total. The van der Waals surface area contributed by atoms with Gasteiger partial charge in [-0.3, -0.25) is 4.99 Å². The smallest absolute Gasteiger partial charge is 0.185 e. The Balaban J connectivity index is 2.32. The molecule has 0 amide bonds. The van der Waals surface area contributed by atoms with Crippen LogP contribution in [0.2, 0.25) is 0 Å². The van der Waals surface area contributed by atoms with Gasteiger partial charge in [-0.1, -0.05) is 12.1 Å². The van der Waals surface area contributed by atoms with E-state index < -0.39 is 0 Å². The zero-order valence-corrected chi connectivity index (χ0v) is 7.91. The Hall–Kier alpha value is -1.58. The highest BCUT2D eigenvalue weighted by molar-refractivity contribution is 5.75. The zero-order valence-electron chi connectivity index (χ0n) is 7.91. The topological polar surface area (TPSA) is 64.4 Å². The molecule has 0 aliphatic carbocycles. The molecule has 0 spiro atoms. The third kappa shape index (κ3) is 3.89. The molecule has 0 aromatic heterocycles. The number of nitrogens with two attached hydrogens (primary N) is 2. The highest BCUT2D eigenvalue weighted by Crippen LogP contribution is 2.05. The van der Waals surface area contributed by atoms with Crippen molar-refractivity contribution < 1.29 is 4.39 Å². The third-order valence-corrected chi connectivity index (χ3v) is 1.83. The first-order chi connectivity index (χ1) is 6.68. The van der Waals surface area contributed by atoms with Crippen molar-refractivity contribution in [2.75, 3.05) is 6.54 Å². The lowest BCUT2D eigenvalue weighted by molar-refractivity contribution is 0.626. The first-order valence-corrected chi connectivity index (χ1v) is 4.48. The van der Waals surface area contributed by atoms with Crippen LogP contribution in [0.25, 0.3) is 0 Å². The highest BCUT2D eigenvalue weighted by atomic mass is 19.1. The van der Waals surface area contributed by atoms with Gasteiger partial charge in [-0.15, -0.1) is 0 Å². The fourth-order valence-corrected chi connectivity index (χ4v) is 1.14. The van der Waals surface area contributed by atoms with E-state index in [1.54, 1.807) is 12.1 Å². The van der Waals surface area contributed by atoms with Crippen LogP contribution in [0.3, 0.4) is 0 Å². The van der Waals surface area contributed by atoms with Gasteiger partial charge >= 0.3 is 0 Å². The van der Waals surface area contributed by atoms with Gasteiger partial charge in [0.2, 0.25) is 0 Å². The standard InChI is InChI=1S/C10H14FN3/c11-9-5-3-8(4-6-9)2-1-7-14-10(12)13/h3-6H,1-2,7H2,(H4,12,13,14). The Morgan fingerprint density at radius 1 is 1.21 bits per heavy atom. The van der Waals surface area contributed by atoms with Gasteiger partial charge in [0.25, 0.3) is 0 Å². The molecule has 0 heterocycles. The Bertz CT molecular complexity index is 302. The summed E-state index contributed by atoms with van der Waals surface area (Å²) in [5, 5.41) is 0. The number of hydrogen-bond donors (Lipinski definition) is 2. The molecule has 4 N–H and O–H groups in total. The summed E-state index contributed by atoms with van der Waals surface area (Å²) in [4.78, 5) is 3.86. The van der Waals surface area contributed by atoms with E-state index in [-0.39, 0.29) is 11.8 Å². The van der Waals surface area contributed by atoms with Crippen LogP contribution < -0.4 is 11.5 Å². The first-order valence-electron chi connectivity index (χ1n) is 4.48. The van der Waals surface area contributed by atoms with E-state index in [2.05, 4.69) is 4.99 Å². The molecule has 76 valence electrons. The predicted molar refractivity (Wildman–Crippen MR) is 55.4 cm³/mol. The summed E-state index contributed by atoms with van der Waals surface area (Å²) >= 11 is 0. The SMILES string of the molecule is NC(N)=NCCCc1ccc(F)cc1. The predicted octanol–water partition coefficient (Wildman–Crippen LogP) is 1.03. The minimum absolute atomic E-state index is 0.115. The van der Waals surface area contributed by atoms with Crippen LogP contribution in [-0.4, -0.2) is 12.5 Å². The van der Waals surface area contributed by atoms with Crippen molar-refractivity contribution in [3.05, 3.63) is 35.6 Å². The van der Waals surface area contributed by atoms with E-state index in [0.717, 1.165) is 18.4 Å². The van der Waals surface area contributed by atoms with Gasteiger partial charge in [0.15, 0.2) is 5.96 Å². The zero-order chi connectivity index (χ0) is 10.4. The Morgan fingerprint density at radius 2 is 1.86 bits per heavy atom. The number of benzene rings is 1. The van der Waals surface area contributed by atoms with E-state index in [4.69, 9.17) is 11.5 Å². The molecule has 0 bridgehead atoms. The lowest BCUT2D eigenvalue weighted by atomic mass is 10.1. The number of nitrogens with zero attached hydrogens (tertiary/aromatic N) is 1. The molecule has 14 heavy (non-hydrogen) atoms. The summed E-state index contributed by atoms with van der Waals surface area (Å²) in [6.45, 7) is 0.611. The quantitative estimate of drug-likeness (QED) is 0.428. The van der Waals surface area contributed by atoms with Gasteiger partial charge < -0.3 is 11.5 Å². The van der Waals surface area contributed by atoms with Crippen molar-refractivity contribution in [2.24, 2.45) is 16.5 Å². The summed E-state index contributed by atoms with van der Waals surface area (Å²) in [6, 6.07) is 6.45. The largest absolute Gasteiger partial charge is 0.370 e. The monoisotopic (exact) mass is 195 g/mol. The number of hydrogen-bond acceptors (Lipinski definition) is 1. The second-order valence-corrected chi connectivity index (χ2v) is 3.04. The minimum atomic E-state index is -0.210. The first kappa shape index (κ1) is 10.5. The van der Waals surface area contributed by atoms with Gasteiger partial charge in [-0.25, -0.2) is 4.39 Å². The molecule has 1 aromatic carbocycles. The van der Waals surface area contributed by atoms with Crippen LogP contribution in [0.4, 0.5) is 4.39 Å². The molecule has 1 rings (SSSR count). The molecular weight excluding hydrogens is 181 g/mol. The van der Waals surface area contributed by atoms with E-state index in [1.165, 1.54) is 12.1 Å². The van der Waals surface area contributed by atoms with Crippen LogP contribution in [0.1, 0.15) is 12.0 Å². The van der Waals surface area contributed by atoms with Crippen LogP contribution in [-0.2, 0) is 6.42 Å². The molecule has 0 aliphatic heterocycles. The maximum Gasteiger partial charge on any atom is 0.185 e. The van der Waals surface area contributed by atoms with Crippen LogP contribution in [0.15, 0.2) is 29.3 Å². The summed E-state index contributed by atoms with van der Waals surface area (Å²) < 4.78 is 12.5. The second kappa shape index (κ2) is 5.21. The molecule has 0 fully saturated rings. The van der Waals surface area contributed by atoms with Gasteiger partial charge in [0.1, 0.15) is 5.82 Å².